The van der Waals surface area contributed by atoms with E-state index in [0.717, 1.165) is 32.4 Å². The first-order valence-corrected chi connectivity index (χ1v) is 6.68. The molecule has 19 heavy (non-hydrogen) atoms. The van der Waals surface area contributed by atoms with Crippen LogP contribution in [0.3, 0.4) is 0 Å². The van der Waals surface area contributed by atoms with E-state index in [9.17, 15) is 0 Å². The second-order valence-corrected chi connectivity index (χ2v) is 5.19. The largest absolute Gasteiger partial charge is 0.399 e. The topological polar surface area (TPSA) is 50.9 Å². The Morgan fingerprint density at radius 2 is 1.84 bits per heavy atom. The Hall–Kier alpha value is -2.07. The lowest BCUT2D eigenvalue weighted by molar-refractivity contribution is 1.38. The van der Waals surface area contributed by atoms with E-state index in [1.807, 2.05) is 42.5 Å². The zero-order chi connectivity index (χ0) is 13.2. The quantitative estimate of drug-likeness (QED) is 0.693. The van der Waals surface area contributed by atoms with Gasteiger partial charge in [0.25, 0.3) is 0 Å². The fourth-order valence-electron chi connectivity index (χ4n) is 1.96. The van der Waals surface area contributed by atoms with Crippen molar-refractivity contribution in [3.63, 3.8) is 0 Å². The summed E-state index contributed by atoms with van der Waals surface area (Å²) in [5, 5.41) is 4.45. The standard InChI is InChI=1S/C15H12BrN3/c16-11-8-10-2-1-3-14(15(10)18-9-11)19-13-6-4-12(17)5-7-13/h1-9,19H,17H2. The predicted octanol–water partition coefficient (Wildman–Crippen LogP) is 4.32. The first-order valence-electron chi connectivity index (χ1n) is 5.89. The summed E-state index contributed by atoms with van der Waals surface area (Å²) >= 11 is 3.43. The maximum absolute atomic E-state index is 5.68. The number of aromatic nitrogens is 1. The van der Waals surface area contributed by atoms with E-state index in [1.165, 1.54) is 0 Å². The van der Waals surface area contributed by atoms with E-state index in [2.05, 4.69) is 32.3 Å². The SMILES string of the molecule is Nc1ccc(Nc2cccc3cc(Br)cnc23)cc1. The lowest BCUT2D eigenvalue weighted by Gasteiger charge is -2.09. The molecule has 0 amide bonds. The molecule has 3 rings (SSSR count). The Morgan fingerprint density at radius 1 is 1.05 bits per heavy atom. The summed E-state index contributed by atoms with van der Waals surface area (Å²) in [6.45, 7) is 0. The molecular weight excluding hydrogens is 302 g/mol. The molecule has 0 atom stereocenters. The van der Waals surface area contributed by atoms with Gasteiger partial charge in [-0.15, -0.1) is 0 Å². The van der Waals surface area contributed by atoms with Gasteiger partial charge < -0.3 is 11.1 Å². The number of hydrogen-bond acceptors (Lipinski definition) is 3. The highest BCUT2D eigenvalue weighted by Gasteiger charge is 2.03. The molecule has 1 aromatic heterocycles. The number of nitrogens with zero attached hydrogens (tertiary/aromatic N) is 1. The Balaban J connectivity index is 2.03. The number of rotatable bonds is 2. The molecule has 0 aliphatic carbocycles. The molecule has 0 fully saturated rings. The van der Waals surface area contributed by atoms with Gasteiger partial charge in [-0.1, -0.05) is 12.1 Å². The average molecular weight is 314 g/mol. The van der Waals surface area contributed by atoms with Gasteiger partial charge in [-0.25, -0.2) is 0 Å². The van der Waals surface area contributed by atoms with Crippen molar-refractivity contribution in [1.29, 1.82) is 0 Å². The van der Waals surface area contributed by atoms with Crippen molar-refractivity contribution in [2.45, 2.75) is 0 Å². The lowest BCUT2D eigenvalue weighted by atomic mass is 10.2. The Bertz CT molecular complexity index is 723. The van der Waals surface area contributed by atoms with Gasteiger partial charge in [0.2, 0.25) is 0 Å². The van der Waals surface area contributed by atoms with Crippen LogP contribution in [-0.4, -0.2) is 4.98 Å². The van der Waals surface area contributed by atoms with Crippen LogP contribution in [0.5, 0.6) is 0 Å². The van der Waals surface area contributed by atoms with E-state index in [4.69, 9.17) is 5.73 Å². The van der Waals surface area contributed by atoms with Gasteiger partial charge in [-0.2, -0.15) is 0 Å². The molecule has 3 N–H and O–H groups in total. The number of fused-ring (bicyclic) bond motifs is 1. The molecule has 0 saturated heterocycles. The van der Waals surface area contributed by atoms with Crippen LogP contribution in [-0.2, 0) is 0 Å². The van der Waals surface area contributed by atoms with Crippen LogP contribution in [0, 0.1) is 0 Å². The molecule has 0 bridgehead atoms. The predicted molar refractivity (Wildman–Crippen MR) is 83.6 cm³/mol. The van der Waals surface area contributed by atoms with Crippen molar-refractivity contribution < 1.29 is 0 Å². The molecule has 0 saturated carbocycles. The van der Waals surface area contributed by atoms with E-state index in [-0.39, 0.29) is 0 Å². The van der Waals surface area contributed by atoms with Crippen LogP contribution in [0.2, 0.25) is 0 Å². The summed E-state index contributed by atoms with van der Waals surface area (Å²) in [4.78, 5) is 4.46. The van der Waals surface area contributed by atoms with Crippen LogP contribution in [0.15, 0.2) is 59.2 Å². The molecular formula is C15H12BrN3. The minimum Gasteiger partial charge on any atom is -0.399 e. The maximum atomic E-state index is 5.68. The summed E-state index contributed by atoms with van der Waals surface area (Å²) in [6, 6.07) is 15.8. The highest BCUT2D eigenvalue weighted by Crippen LogP contribution is 2.26. The van der Waals surface area contributed by atoms with E-state index in [0.29, 0.717) is 0 Å². The molecule has 3 aromatic rings. The van der Waals surface area contributed by atoms with Gasteiger partial charge in [0.05, 0.1) is 11.2 Å². The van der Waals surface area contributed by atoms with E-state index in [1.54, 1.807) is 6.20 Å². The number of nitrogens with one attached hydrogen (secondary N) is 1. The third kappa shape index (κ3) is 2.53. The van der Waals surface area contributed by atoms with Gasteiger partial charge in [-0.3, -0.25) is 4.98 Å². The number of benzene rings is 2. The summed E-state index contributed by atoms with van der Waals surface area (Å²) < 4.78 is 0.977. The highest BCUT2D eigenvalue weighted by atomic mass is 79.9. The number of nitrogen functional groups attached to an aromatic ring is 1. The van der Waals surface area contributed by atoms with Crippen LogP contribution in [0.1, 0.15) is 0 Å². The maximum Gasteiger partial charge on any atom is 0.0937 e. The zero-order valence-electron chi connectivity index (χ0n) is 10.1. The van der Waals surface area contributed by atoms with Crippen molar-refractivity contribution in [3.05, 3.63) is 59.2 Å². The highest BCUT2D eigenvalue weighted by molar-refractivity contribution is 9.10. The van der Waals surface area contributed by atoms with Crippen molar-refractivity contribution in [1.82, 2.24) is 4.98 Å². The number of para-hydroxylation sites is 1. The Kier molecular flexibility index (Phi) is 3.09. The minimum absolute atomic E-state index is 0.755. The molecule has 2 aromatic carbocycles. The van der Waals surface area contributed by atoms with Crippen molar-refractivity contribution in [3.8, 4) is 0 Å². The number of pyridine rings is 1. The normalized spacial score (nSPS) is 10.6. The van der Waals surface area contributed by atoms with E-state index < -0.39 is 0 Å². The third-order valence-corrected chi connectivity index (χ3v) is 3.30. The van der Waals surface area contributed by atoms with Crippen LogP contribution in [0.25, 0.3) is 10.9 Å². The zero-order valence-corrected chi connectivity index (χ0v) is 11.7. The molecule has 94 valence electrons. The molecule has 1 heterocycles. The average Bonchev–Trinajstić information content (AvgIpc) is 2.41. The van der Waals surface area contributed by atoms with Gasteiger partial charge >= 0.3 is 0 Å². The third-order valence-electron chi connectivity index (χ3n) is 2.87. The molecule has 3 nitrogen and oxygen atoms in total. The smallest absolute Gasteiger partial charge is 0.0937 e. The number of hydrogen-bond donors (Lipinski definition) is 2. The van der Waals surface area contributed by atoms with Crippen molar-refractivity contribution in [2.24, 2.45) is 0 Å². The summed E-state index contributed by atoms with van der Waals surface area (Å²) in [6.07, 6.45) is 1.80. The van der Waals surface area contributed by atoms with Crippen LogP contribution < -0.4 is 11.1 Å². The molecule has 0 aliphatic rings. The van der Waals surface area contributed by atoms with E-state index >= 15 is 0 Å². The summed E-state index contributed by atoms with van der Waals surface area (Å²) in [5.74, 6) is 0. The Labute approximate surface area is 119 Å². The second-order valence-electron chi connectivity index (χ2n) is 4.28. The fourth-order valence-corrected chi connectivity index (χ4v) is 2.31. The molecule has 0 radical (unpaired) electrons. The number of anilines is 3. The van der Waals surface area contributed by atoms with Gasteiger partial charge in [-0.05, 0) is 52.3 Å². The first kappa shape index (κ1) is 12.0. The molecule has 0 spiro atoms. The fraction of sp³-hybridized carbons (Fsp3) is 0. The molecule has 4 heteroatoms. The Morgan fingerprint density at radius 3 is 2.63 bits per heavy atom. The number of halogens is 1. The number of nitrogens with two attached hydrogens (primary N) is 1. The van der Waals surface area contributed by atoms with Gasteiger partial charge in [0.15, 0.2) is 0 Å². The first-order chi connectivity index (χ1) is 9.22. The second kappa shape index (κ2) is 4.90. The molecule has 0 aliphatic heterocycles. The monoisotopic (exact) mass is 313 g/mol. The van der Waals surface area contributed by atoms with Gasteiger partial charge in [0.1, 0.15) is 0 Å². The lowest BCUT2D eigenvalue weighted by Crippen LogP contribution is -1.93. The minimum atomic E-state index is 0.755. The molecule has 0 unspecified atom stereocenters. The van der Waals surface area contributed by atoms with Gasteiger partial charge in [0, 0.05) is 27.4 Å². The summed E-state index contributed by atoms with van der Waals surface area (Å²) in [5.41, 5.74) is 9.36. The van der Waals surface area contributed by atoms with Crippen molar-refractivity contribution >= 4 is 43.9 Å². The van der Waals surface area contributed by atoms with Crippen LogP contribution >= 0.6 is 15.9 Å². The summed E-state index contributed by atoms with van der Waals surface area (Å²) in [7, 11) is 0. The van der Waals surface area contributed by atoms with Crippen molar-refractivity contribution in [2.75, 3.05) is 11.1 Å². The van der Waals surface area contributed by atoms with Crippen LogP contribution in [0.4, 0.5) is 17.1 Å².